The first kappa shape index (κ1) is 28.9. The number of benzene rings is 6. The number of para-hydroxylation sites is 7. The number of imidazole rings is 3. The summed E-state index contributed by atoms with van der Waals surface area (Å²) in [5.41, 5.74) is 11.3. The van der Waals surface area contributed by atoms with Gasteiger partial charge in [0, 0.05) is 39.9 Å². The predicted octanol–water partition coefficient (Wildman–Crippen LogP) is 10.1. The van der Waals surface area contributed by atoms with Crippen LogP contribution in [0.1, 0.15) is 0 Å². The summed E-state index contributed by atoms with van der Waals surface area (Å²) in [7, 11) is 0. The molecule has 4 heterocycles. The Morgan fingerprint density at radius 2 is 0.706 bits per heavy atom. The molecule has 0 unspecified atom stereocenters. The van der Waals surface area contributed by atoms with E-state index in [1.54, 1.807) is 0 Å². The van der Waals surface area contributed by atoms with Gasteiger partial charge in [-0.05, 0) is 91.0 Å². The monoisotopic (exact) mass is 655 g/mol. The minimum absolute atomic E-state index is 0.780. The van der Waals surface area contributed by atoms with Gasteiger partial charge in [-0.1, -0.05) is 78.9 Å². The standard InChI is InChI=1S/C44H29N7/c1-4-15-33(16-5-1)49-39-24-12-10-21-36(39)46-41(49)30-27-31(42-47-37-22-11-13-25-40(37)50(42)34-17-6-2-7-18-34)29-32(28-30)43-48-38-23-14-26-45-44(38)51(43)35-19-8-3-9-20-35/h1-29H. The van der Waals surface area contributed by atoms with Crippen molar-refractivity contribution in [3.05, 3.63) is 176 Å². The van der Waals surface area contributed by atoms with E-state index in [2.05, 4.69) is 129 Å². The molecule has 0 saturated carbocycles. The van der Waals surface area contributed by atoms with E-state index in [0.29, 0.717) is 0 Å². The first-order valence-corrected chi connectivity index (χ1v) is 16.9. The van der Waals surface area contributed by atoms with Crippen LogP contribution in [0.4, 0.5) is 0 Å². The lowest BCUT2D eigenvalue weighted by Gasteiger charge is -2.15. The van der Waals surface area contributed by atoms with Crippen LogP contribution in [0.3, 0.4) is 0 Å². The van der Waals surface area contributed by atoms with Crippen molar-refractivity contribution in [3.8, 4) is 51.2 Å². The maximum absolute atomic E-state index is 5.27. The molecule has 6 aromatic carbocycles. The van der Waals surface area contributed by atoms with Gasteiger partial charge in [0.1, 0.15) is 23.0 Å². The van der Waals surface area contributed by atoms with Crippen LogP contribution < -0.4 is 0 Å². The van der Waals surface area contributed by atoms with Crippen molar-refractivity contribution in [1.82, 2.24) is 33.6 Å². The minimum atomic E-state index is 0.780. The second kappa shape index (κ2) is 11.8. The normalized spacial score (nSPS) is 11.5. The van der Waals surface area contributed by atoms with Crippen LogP contribution >= 0.6 is 0 Å². The summed E-state index contributed by atoms with van der Waals surface area (Å²) in [6, 6.07) is 58.2. The molecule has 0 aliphatic carbocycles. The molecular formula is C44H29N7. The predicted molar refractivity (Wildman–Crippen MR) is 204 cm³/mol. The van der Waals surface area contributed by atoms with Crippen molar-refractivity contribution in [1.29, 1.82) is 0 Å². The molecule has 51 heavy (non-hydrogen) atoms. The molecule has 0 saturated heterocycles. The molecule has 0 bridgehead atoms. The number of aromatic nitrogens is 7. The molecular weight excluding hydrogens is 627 g/mol. The average Bonchev–Trinajstić information content (AvgIpc) is 3.91. The van der Waals surface area contributed by atoms with Crippen LogP contribution in [-0.4, -0.2) is 33.6 Å². The molecule has 0 aliphatic rings. The van der Waals surface area contributed by atoms with Crippen molar-refractivity contribution in [2.24, 2.45) is 0 Å². The van der Waals surface area contributed by atoms with Crippen LogP contribution in [-0.2, 0) is 0 Å². The molecule has 7 heteroatoms. The quantitative estimate of drug-likeness (QED) is 0.179. The van der Waals surface area contributed by atoms with E-state index in [4.69, 9.17) is 19.9 Å². The molecule has 0 radical (unpaired) electrons. The van der Waals surface area contributed by atoms with Crippen LogP contribution in [0.5, 0.6) is 0 Å². The summed E-state index contributed by atoms with van der Waals surface area (Å²) in [4.78, 5) is 20.6. The van der Waals surface area contributed by atoms with E-state index in [1.807, 2.05) is 60.8 Å². The fourth-order valence-electron chi connectivity index (χ4n) is 7.06. The zero-order valence-electron chi connectivity index (χ0n) is 27.4. The number of rotatable bonds is 6. The van der Waals surface area contributed by atoms with Gasteiger partial charge >= 0.3 is 0 Å². The van der Waals surface area contributed by atoms with E-state index in [0.717, 1.165) is 84.5 Å². The SMILES string of the molecule is c1ccc(-n2c(-c3cc(-c4nc5ccccc5n4-c4ccccc4)cc(-c4nc5cccnc5n4-c4ccccc4)c3)nc3ccccc32)cc1. The Bertz CT molecular complexity index is 2520. The van der Waals surface area contributed by atoms with Crippen molar-refractivity contribution in [3.63, 3.8) is 0 Å². The van der Waals surface area contributed by atoms with Crippen LogP contribution in [0.2, 0.25) is 0 Å². The molecule has 0 spiro atoms. The molecule has 0 atom stereocenters. The summed E-state index contributed by atoms with van der Waals surface area (Å²) in [5, 5.41) is 0. The van der Waals surface area contributed by atoms with E-state index in [-0.39, 0.29) is 0 Å². The van der Waals surface area contributed by atoms with Gasteiger partial charge in [-0.3, -0.25) is 13.7 Å². The largest absolute Gasteiger partial charge is 0.292 e. The second-order valence-electron chi connectivity index (χ2n) is 12.4. The van der Waals surface area contributed by atoms with Gasteiger partial charge in [0.25, 0.3) is 0 Å². The Kier molecular flexibility index (Phi) is 6.67. The zero-order valence-corrected chi connectivity index (χ0v) is 27.4. The lowest BCUT2D eigenvalue weighted by molar-refractivity contribution is 1.07. The molecule has 10 aromatic rings. The van der Waals surface area contributed by atoms with Gasteiger partial charge < -0.3 is 0 Å². The highest BCUT2D eigenvalue weighted by Gasteiger charge is 2.22. The van der Waals surface area contributed by atoms with Gasteiger partial charge in [-0.25, -0.2) is 19.9 Å². The Morgan fingerprint density at radius 3 is 1.20 bits per heavy atom. The van der Waals surface area contributed by atoms with E-state index in [9.17, 15) is 0 Å². The molecule has 4 aromatic heterocycles. The Balaban J connectivity index is 1.31. The van der Waals surface area contributed by atoms with Gasteiger partial charge in [0.2, 0.25) is 0 Å². The molecule has 10 rings (SSSR count). The smallest absolute Gasteiger partial charge is 0.164 e. The molecule has 0 amide bonds. The molecule has 7 nitrogen and oxygen atoms in total. The number of nitrogens with zero attached hydrogens (tertiary/aromatic N) is 7. The first-order chi connectivity index (χ1) is 25.3. The van der Waals surface area contributed by atoms with Crippen LogP contribution in [0.15, 0.2) is 176 Å². The third-order valence-electron chi connectivity index (χ3n) is 9.29. The van der Waals surface area contributed by atoms with Gasteiger partial charge in [0.15, 0.2) is 5.65 Å². The molecule has 0 aliphatic heterocycles. The fourth-order valence-corrected chi connectivity index (χ4v) is 7.06. The maximum atomic E-state index is 5.27. The highest BCUT2D eigenvalue weighted by molar-refractivity contribution is 5.89. The number of hydrogen-bond donors (Lipinski definition) is 0. The summed E-state index contributed by atoms with van der Waals surface area (Å²) < 4.78 is 6.61. The Labute approximate surface area is 293 Å². The number of pyridine rings is 1. The summed E-state index contributed by atoms with van der Waals surface area (Å²) in [5.74, 6) is 2.43. The molecule has 0 fully saturated rings. The van der Waals surface area contributed by atoms with E-state index >= 15 is 0 Å². The Morgan fingerprint density at radius 1 is 0.333 bits per heavy atom. The summed E-state index contributed by atoms with van der Waals surface area (Å²) >= 11 is 0. The van der Waals surface area contributed by atoms with Crippen LogP contribution in [0, 0.1) is 0 Å². The first-order valence-electron chi connectivity index (χ1n) is 16.9. The number of fused-ring (bicyclic) bond motifs is 3. The third-order valence-corrected chi connectivity index (χ3v) is 9.29. The third kappa shape index (κ3) is 4.82. The van der Waals surface area contributed by atoms with Crippen molar-refractivity contribution in [2.45, 2.75) is 0 Å². The Hall–Kier alpha value is -7.12. The van der Waals surface area contributed by atoms with Crippen molar-refractivity contribution >= 4 is 33.2 Å². The van der Waals surface area contributed by atoms with Gasteiger partial charge in [-0.2, -0.15) is 0 Å². The minimum Gasteiger partial charge on any atom is -0.292 e. The van der Waals surface area contributed by atoms with E-state index in [1.165, 1.54) is 0 Å². The van der Waals surface area contributed by atoms with Crippen LogP contribution in [0.25, 0.3) is 84.5 Å². The molecule has 240 valence electrons. The average molecular weight is 656 g/mol. The van der Waals surface area contributed by atoms with E-state index < -0.39 is 0 Å². The molecule has 0 N–H and O–H groups in total. The number of hydrogen-bond acceptors (Lipinski definition) is 4. The topological polar surface area (TPSA) is 66.3 Å². The van der Waals surface area contributed by atoms with Crippen molar-refractivity contribution in [2.75, 3.05) is 0 Å². The van der Waals surface area contributed by atoms with Crippen molar-refractivity contribution < 1.29 is 0 Å². The zero-order chi connectivity index (χ0) is 33.7. The van der Waals surface area contributed by atoms with Gasteiger partial charge in [0.05, 0.1) is 22.1 Å². The van der Waals surface area contributed by atoms with Gasteiger partial charge in [-0.15, -0.1) is 0 Å². The lowest BCUT2D eigenvalue weighted by atomic mass is 10.0. The highest BCUT2D eigenvalue weighted by Crippen LogP contribution is 2.38. The highest BCUT2D eigenvalue weighted by atomic mass is 15.1. The summed E-state index contributed by atoms with van der Waals surface area (Å²) in [6.07, 6.45) is 1.82. The fraction of sp³-hybridized carbons (Fsp3) is 0. The maximum Gasteiger partial charge on any atom is 0.164 e. The lowest BCUT2D eigenvalue weighted by Crippen LogP contribution is -2.02. The second-order valence-corrected chi connectivity index (χ2v) is 12.4. The summed E-state index contributed by atoms with van der Waals surface area (Å²) in [6.45, 7) is 0.